The van der Waals surface area contributed by atoms with Gasteiger partial charge < -0.3 is 20.1 Å². The van der Waals surface area contributed by atoms with Crippen molar-refractivity contribution < 1.29 is 14.6 Å². The standard InChI is InChI=1S/C23H23N7O3/c1-33-21-11-15(7-8-24-21)18-12-20(26-16-5-4-9-29(14-16)23(31)32)28-22(27-18)17-13-25-30-10-3-2-6-19(17)30/h2-3,6-8,10-13,16H,4-5,9,14H2,1H3,(H,31,32)(H,26,27,28)/t16-/m1/s1. The van der Waals surface area contributed by atoms with Gasteiger partial charge in [0.2, 0.25) is 5.88 Å². The number of carboxylic acid groups (broad SMARTS) is 1. The van der Waals surface area contributed by atoms with E-state index in [2.05, 4.69) is 15.4 Å². The van der Waals surface area contributed by atoms with Crippen LogP contribution in [0.1, 0.15) is 12.8 Å². The van der Waals surface area contributed by atoms with E-state index in [1.807, 2.05) is 42.6 Å². The maximum absolute atomic E-state index is 11.4. The number of carbonyl (C=O) groups is 1. The number of rotatable bonds is 5. The summed E-state index contributed by atoms with van der Waals surface area (Å²) in [6.07, 6.45) is 6.05. The Morgan fingerprint density at radius 1 is 1.24 bits per heavy atom. The number of pyridine rings is 2. The molecule has 5 heterocycles. The predicted octanol–water partition coefficient (Wildman–Crippen LogP) is 3.42. The number of nitrogens with one attached hydrogen (secondary N) is 1. The summed E-state index contributed by atoms with van der Waals surface area (Å²) in [6.45, 7) is 0.955. The molecule has 0 unspecified atom stereocenters. The van der Waals surface area contributed by atoms with Crippen LogP contribution in [0.3, 0.4) is 0 Å². The van der Waals surface area contributed by atoms with E-state index in [4.69, 9.17) is 14.7 Å². The molecule has 168 valence electrons. The first-order valence-electron chi connectivity index (χ1n) is 10.7. The number of anilines is 1. The Balaban J connectivity index is 1.56. The van der Waals surface area contributed by atoms with Gasteiger partial charge in [0.15, 0.2) is 5.82 Å². The van der Waals surface area contributed by atoms with Crippen LogP contribution in [0.5, 0.6) is 5.88 Å². The first-order valence-corrected chi connectivity index (χ1v) is 10.7. The molecular weight excluding hydrogens is 422 g/mol. The quantitative estimate of drug-likeness (QED) is 0.480. The minimum Gasteiger partial charge on any atom is -0.481 e. The normalized spacial score (nSPS) is 16.0. The van der Waals surface area contributed by atoms with E-state index in [9.17, 15) is 9.90 Å². The highest BCUT2D eigenvalue weighted by molar-refractivity contribution is 5.78. The van der Waals surface area contributed by atoms with Crippen LogP contribution in [0.2, 0.25) is 0 Å². The van der Waals surface area contributed by atoms with E-state index in [1.54, 1.807) is 24.0 Å². The number of hydrogen-bond donors (Lipinski definition) is 2. The van der Waals surface area contributed by atoms with E-state index >= 15 is 0 Å². The number of fused-ring (bicyclic) bond motifs is 1. The van der Waals surface area contributed by atoms with Gasteiger partial charge in [0.25, 0.3) is 0 Å². The summed E-state index contributed by atoms with van der Waals surface area (Å²) in [4.78, 5) is 26.6. The molecule has 10 heteroatoms. The smallest absolute Gasteiger partial charge is 0.407 e. The molecule has 1 fully saturated rings. The molecule has 2 N–H and O–H groups in total. The van der Waals surface area contributed by atoms with E-state index in [-0.39, 0.29) is 6.04 Å². The molecule has 1 saturated heterocycles. The van der Waals surface area contributed by atoms with Gasteiger partial charge in [-0.05, 0) is 31.0 Å². The van der Waals surface area contributed by atoms with Crippen molar-refractivity contribution >= 4 is 17.4 Å². The Kier molecular flexibility index (Phi) is 5.47. The fourth-order valence-corrected chi connectivity index (χ4v) is 4.05. The summed E-state index contributed by atoms with van der Waals surface area (Å²) in [5.41, 5.74) is 3.23. The summed E-state index contributed by atoms with van der Waals surface area (Å²) < 4.78 is 7.06. The number of piperidine rings is 1. The number of likely N-dealkylation sites (tertiary alicyclic amines) is 1. The van der Waals surface area contributed by atoms with Crippen molar-refractivity contribution in [3.05, 3.63) is 55.0 Å². The number of amides is 1. The molecule has 0 aromatic carbocycles. The van der Waals surface area contributed by atoms with Crippen molar-refractivity contribution in [2.45, 2.75) is 18.9 Å². The van der Waals surface area contributed by atoms with E-state index < -0.39 is 6.09 Å². The van der Waals surface area contributed by atoms with Gasteiger partial charge in [-0.3, -0.25) is 0 Å². The molecule has 10 nitrogen and oxygen atoms in total. The fourth-order valence-electron chi connectivity index (χ4n) is 4.05. The summed E-state index contributed by atoms with van der Waals surface area (Å²) in [5.74, 6) is 1.64. The lowest BCUT2D eigenvalue weighted by Crippen LogP contribution is -2.44. The lowest BCUT2D eigenvalue weighted by atomic mass is 10.1. The zero-order valence-electron chi connectivity index (χ0n) is 18.0. The second-order valence-corrected chi connectivity index (χ2v) is 7.85. The van der Waals surface area contributed by atoms with Crippen molar-refractivity contribution in [3.63, 3.8) is 0 Å². The van der Waals surface area contributed by atoms with Crippen molar-refractivity contribution in [1.82, 2.24) is 29.5 Å². The number of nitrogens with zero attached hydrogens (tertiary/aromatic N) is 6. The number of ether oxygens (including phenoxy) is 1. The maximum atomic E-state index is 11.4. The zero-order chi connectivity index (χ0) is 22.8. The van der Waals surface area contributed by atoms with Crippen LogP contribution in [0.4, 0.5) is 10.6 Å². The first kappa shape index (κ1) is 20.7. The molecule has 1 aliphatic heterocycles. The van der Waals surface area contributed by atoms with Crippen molar-refractivity contribution in [2.24, 2.45) is 0 Å². The largest absolute Gasteiger partial charge is 0.481 e. The zero-order valence-corrected chi connectivity index (χ0v) is 18.0. The number of hydrogen-bond acceptors (Lipinski definition) is 7. The van der Waals surface area contributed by atoms with E-state index in [1.165, 1.54) is 4.90 Å². The van der Waals surface area contributed by atoms with Crippen LogP contribution in [0.15, 0.2) is 55.0 Å². The van der Waals surface area contributed by atoms with Crippen LogP contribution in [0, 0.1) is 0 Å². The average molecular weight is 445 g/mol. The van der Waals surface area contributed by atoms with Gasteiger partial charge in [0.05, 0.1) is 30.1 Å². The number of methoxy groups -OCH3 is 1. The molecule has 0 spiro atoms. The third kappa shape index (κ3) is 4.27. The van der Waals surface area contributed by atoms with Crippen molar-refractivity contribution in [1.29, 1.82) is 0 Å². The Morgan fingerprint density at radius 2 is 2.15 bits per heavy atom. The molecule has 0 saturated carbocycles. The lowest BCUT2D eigenvalue weighted by molar-refractivity contribution is 0.133. The molecule has 1 amide bonds. The number of aromatic nitrogens is 5. The molecule has 0 aliphatic carbocycles. The molecular formula is C23H23N7O3. The van der Waals surface area contributed by atoms with Crippen LogP contribution < -0.4 is 10.1 Å². The minimum absolute atomic E-state index is 0.0404. The molecule has 33 heavy (non-hydrogen) atoms. The average Bonchev–Trinajstić information content (AvgIpc) is 3.28. The SMILES string of the molecule is COc1cc(-c2cc(N[C@@H]3CCCN(C(=O)O)C3)nc(-c3cnn4ccccc34)n2)ccn1. The van der Waals surface area contributed by atoms with Crippen molar-refractivity contribution in [2.75, 3.05) is 25.5 Å². The maximum Gasteiger partial charge on any atom is 0.407 e. The Labute approximate surface area is 189 Å². The molecule has 1 aliphatic rings. The molecule has 0 radical (unpaired) electrons. The topological polar surface area (TPSA) is 118 Å². The first-order chi connectivity index (χ1) is 16.1. The van der Waals surface area contributed by atoms with Crippen LogP contribution >= 0.6 is 0 Å². The second kappa shape index (κ2) is 8.73. The highest BCUT2D eigenvalue weighted by atomic mass is 16.5. The van der Waals surface area contributed by atoms with E-state index in [0.29, 0.717) is 36.3 Å². The summed E-state index contributed by atoms with van der Waals surface area (Å²) in [5, 5.41) is 17.2. The monoisotopic (exact) mass is 445 g/mol. The molecule has 0 bridgehead atoms. The predicted molar refractivity (Wildman–Crippen MR) is 122 cm³/mol. The van der Waals surface area contributed by atoms with Gasteiger partial charge in [0.1, 0.15) is 5.82 Å². The second-order valence-electron chi connectivity index (χ2n) is 7.85. The summed E-state index contributed by atoms with van der Waals surface area (Å²) in [7, 11) is 1.57. The van der Waals surface area contributed by atoms with E-state index in [0.717, 1.165) is 29.5 Å². The third-order valence-corrected chi connectivity index (χ3v) is 5.68. The van der Waals surface area contributed by atoms with Crippen LogP contribution in [-0.2, 0) is 0 Å². The third-order valence-electron chi connectivity index (χ3n) is 5.68. The van der Waals surface area contributed by atoms with Crippen LogP contribution in [0.25, 0.3) is 28.2 Å². The van der Waals surface area contributed by atoms with Gasteiger partial charge in [-0.1, -0.05) is 6.07 Å². The van der Waals surface area contributed by atoms with Gasteiger partial charge in [-0.15, -0.1) is 0 Å². The Hall–Kier alpha value is -4.21. The van der Waals surface area contributed by atoms with Gasteiger partial charge >= 0.3 is 6.09 Å². The van der Waals surface area contributed by atoms with Crippen molar-refractivity contribution in [3.8, 4) is 28.5 Å². The van der Waals surface area contributed by atoms with Gasteiger partial charge in [-0.25, -0.2) is 24.3 Å². The Morgan fingerprint density at radius 3 is 3.00 bits per heavy atom. The van der Waals surface area contributed by atoms with Crippen LogP contribution in [-0.4, -0.2) is 66.9 Å². The molecule has 4 aromatic heterocycles. The highest BCUT2D eigenvalue weighted by Crippen LogP contribution is 2.28. The minimum atomic E-state index is -0.902. The summed E-state index contributed by atoms with van der Waals surface area (Å²) >= 11 is 0. The van der Waals surface area contributed by atoms with Gasteiger partial charge in [0, 0.05) is 49.2 Å². The highest BCUT2D eigenvalue weighted by Gasteiger charge is 2.24. The molecule has 4 aromatic rings. The summed E-state index contributed by atoms with van der Waals surface area (Å²) in [6, 6.07) is 11.3. The fraction of sp³-hybridized carbons (Fsp3) is 0.261. The Bertz CT molecular complexity index is 1310. The van der Waals surface area contributed by atoms with Gasteiger partial charge in [-0.2, -0.15) is 5.10 Å². The lowest BCUT2D eigenvalue weighted by Gasteiger charge is -2.31. The molecule has 5 rings (SSSR count). The molecule has 1 atom stereocenters.